The van der Waals surface area contributed by atoms with Crippen molar-refractivity contribution in [2.24, 2.45) is 23.7 Å². The minimum Gasteiger partial charge on any atom is -0.0803 e. The van der Waals surface area contributed by atoms with E-state index in [1.165, 1.54) is 30.4 Å². The van der Waals surface area contributed by atoms with Gasteiger partial charge in [-0.1, -0.05) is 83.0 Å². The first kappa shape index (κ1) is 22.0. The molecule has 2 saturated carbocycles. The van der Waals surface area contributed by atoms with Crippen LogP contribution in [-0.2, 0) is 6.42 Å². The maximum Gasteiger partial charge on any atom is 0.00231 e. The SMILES string of the molecule is CCC1C(C)C1C(C)c1c(C)ccc(Cc2ccc(C(C)C3=CC3)cc2C2CC2C)c1C. The van der Waals surface area contributed by atoms with Crippen LogP contribution in [0.2, 0.25) is 0 Å². The van der Waals surface area contributed by atoms with Crippen molar-refractivity contribution in [2.75, 3.05) is 0 Å². The first-order valence-electron chi connectivity index (χ1n) is 13.2. The molecule has 0 heterocycles. The van der Waals surface area contributed by atoms with Crippen molar-refractivity contribution in [1.82, 2.24) is 0 Å². The van der Waals surface area contributed by atoms with Crippen LogP contribution >= 0.6 is 0 Å². The van der Waals surface area contributed by atoms with Crippen molar-refractivity contribution >= 4 is 0 Å². The lowest BCUT2D eigenvalue weighted by molar-refractivity contribution is 0.576. The fourth-order valence-electron chi connectivity index (χ4n) is 7.02. The Morgan fingerprint density at radius 1 is 1.00 bits per heavy atom. The summed E-state index contributed by atoms with van der Waals surface area (Å²) >= 11 is 0. The average Bonchev–Trinajstić information content (AvgIpc) is 3.66. The van der Waals surface area contributed by atoms with Gasteiger partial charge in [-0.25, -0.2) is 0 Å². The van der Waals surface area contributed by atoms with Gasteiger partial charge in [0.2, 0.25) is 0 Å². The van der Waals surface area contributed by atoms with Crippen LogP contribution in [0.15, 0.2) is 42.0 Å². The van der Waals surface area contributed by atoms with E-state index in [0.29, 0.717) is 11.8 Å². The van der Waals surface area contributed by atoms with Crippen LogP contribution in [0.5, 0.6) is 0 Å². The molecule has 0 radical (unpaired) electrons. The summed E-state index contributed by atoms with van der Waals surface area (Å²) in [6.07, 6.45) is 7.39. The molecule has 0 heteroatoms. The number of hydrogen-bond acceptors (Lipinski definition) is 0. The summed E-state index contributed by atoms with van der Waals surface area (Å²) in [6.45, 7) is 16.9. The second-order valence-electron chi connectivity index (χ2n) is 11.5. The van der Waals surface area contributed by atoms with E-state index in [1.54, 1.807) is 33.4 Å². The molecule has 2 aromatic carbocycles. The van der Waals surface area contributed by atoms with Crippen molar-refractivity contribution in [2.45, 2.75) is 91.9 Å². The topological polar surface area (TPSA) is 0 Å². The third-order valence-corrected chi connectivity index (χ3v) is 9.54. The number of aryl methyl sites for hydroxylation is 1. The zero-order valence-electron chi connectivity index (χ0n) is 21.3. The van der Waals surface area contributed by atoms with Gasteiger partial charge in [-0.2, -0.15) is 0 Å². The molecule has 0 spiro atoms. The number of allylic oxidation sites excluding steroid dienone is 2. The van der Waals surface area contributed by atoms with Gasteiger partial charge in [0.25, 0.3) is 0 Å². The second-order valence-corrected chi connectivity index (χ2v) is 11.5. The Hall–Kier alpha value is -1.82. The summed E-state index contributed by atoms with van der Waals surface area (Å²) in [5.41, 5.74) is 12.6. The van der Waals surface area contributed by atoms with E-state index in [2.05, 4.69) is 84.9 Å². The maximum atomic E-state index is 2.57. The quantitative estimate of drug-likeness (QED) is 0.370. The van der Waals surface area contributed by atoms with Crippen LogP contribution in [0.25, 0.3) is 0 Å². The molecular weight excluding hydrogens is 384 g/mol. The average molecular weight is 427 g/mol. The molecule has 0 N–H and O–H groups in total. The third kappa shape index (κ3) is 3.89. The van der Waals surface area contributed by atoms with Gasteiger partial charge in [-0.3, -0.25) is 0 Å². The molecule has 7 atom stereocenters. The van der Waals surface area contributed by atoms with E-state index >= 15 is 0 Å². The summed E-state index contributed by atoms with van der Waals surface area (Å²) in [4.78, 5) is 0. The first-order chi connectivity index (χ1) is 15.3. The number of benzene rings is 2. The van der Waals surface area contributed by atoms with Crippen molar-refractivity contribution in [1.29, 1.82) is 0 Å². The van der Waals surface area contributed by atoms with Crippen LogP contribution in [-0.4, -0.2) is 0 Å². The molecule has 2 fully saturated rings. The van der Waals surface area contributed by atoms with Crippen molar-refractivity contribution in [3.63, 3.8) is 0 Å². The van der Waals surface area contributed by atoms with Gasteiger partial charge < -0.3 is 0 Å². The zero-order valence-corrected chi connectivity index (χ0v) is 21.3. The first-order valence-corrected chi connectivity index (χ1v) is 13.2. The molecule has 32 heavy (non-hydrogen) atoms. The predicted octanol–water partition coefficient (Wildman–Crippen LogP) is 8.85. The van der Waals surface area contributed by atoms with Gasteiger partial charge in [0.1, 0.15) is 0 Å². The molecule has 0 bridgehead atoms. The smallest absolute Gasteiger partial charge is 0.00231 e. The largest absolute Gasteiger partial charge is 0.0803 e. The van der Waals surface area contributed by atoms with Gasteiger partial charge >= 0.3 is 0 Å². The molecular formula is C32H42. The van der Waals surface area contributed by atoms with E-state index in [0.717, 1.165) is 36.0 Å². The van der Waals surface area contributed by atoms with Gasteiger partial charge in [-0.15, -0.1) is 0 Å². The highest BCUT2D eigenvalue weighted by Gasteiger charge is 2.48. The van der Waals surface area contributed by atoms with Crippen LogP contribution in [0, 0.1) is 37.5 Å². The van der Waals surface area contributed by atoms with Gasteiger partial charge in [0, 0.05) is 5.92 Å². The monoisotopic (exact) mass is 426 g/mol. The van der Waals surface area contributed by atoms with Crippen LogP contribution in [0.1, 0.15) is 111 Å². The highest BCUT2D eigenvalue weighted by atomic mass is 14.5. The predicted molar refractivity (Wildman–Crippen MR) is 138 cm³/mol. The van der Waals surface area contributed by atoms with Crippen molar-refractivity contribution in [3.8, 4) is 0 Å². The Kier molecular flexibility index (Phi) is 5.63. The standard InChI is InChI=1S/C32H42/c1-8-28-22(6)32(28)23(7)31-18(2)9-10-25(21(31)5)16-27-14-13-26(20(4)24-11-12-24)17-30(27)29-15-19(29)3/h9-11,13-14,17,19-20,22-23,28-29,32H,8,12,15-16H2,1-7H3. The molecule has 0 amide bonds. The van der Waals surface area contributed by atoms with Gasteiger partial charge in [0.15, 0.2) is 0 Å². The normalized spacial score (nSPS) is 30.0. The fraction of sp³-hybridized carbons (Fsp3) is 0.562. The van der Waals surface area contributed by atoms with E-state index in [4.69, 9.17) is 0 Å². The minimum atomic E-state index is 0.595. The molecule has 0 aromatic heterocycles. The summed E-state index contributed by atoms with van der Waals surface area (Å²) < 4.78 is 0. The number of hydrogen-bond donors (Lipinski definition) is 0. The molecule has 0 aliphatic heterocycles. The Morgan fingerprint density at radius 3 is 2.28 bits per heavy atom. The fourth-order valence-corrected chi connectivity index (χ4v) is 7.02. The van der Waals surface area contributed by atoms with E-state index in [-0.39, 0.29) is 0 Å². The molecule has 170 valence electrons. The van der Waals surface area contributed by atoms with Crippen LogP contribution in [0.4, 0.5) is 0 Å². The Morgan fingerprint density at radius 2 is 1.69 bits per heavy atom. The molecule has 2 aromatic rings. The lowest BCUT2D eigenvalue weighted by atomic mass is 9.83. The van der Waals surface area contributed by atoms with Crippen LogP contribution < -0.4 is 0 Å². The highest BCUT2D eigenvalue weighted by Crippen LogP contribution is 2.56. The maximum absolute atomic E-state index is 2.57. The Labute approximate surface area is 196 Å². The Bertz CT molecular complexity index is 1050. The molecule has 7 unspecified atom stereocenters. The molecule has 5 rings (SSSR count). The highest BCUT2D eigenvalue weighted by molar-refractivity contribution is 5.48. The van der Waals surface area contributed by atoms with Crippen molar-refractivity contribution in [3.05, 3.63) is 80.9 Å². The molecule has 0 saturated heterocycles. The van der Waals surface area contributed by atoms with Gasteiger partial charge in [-0.05, 0) is 108 Å². The molecule has 3 aliphatic rings. The molecule has 3 aliphatic carbocycles. The molecule has 0 nitrogen and oxygen atoms in total. The summed E-state index contributed by atoms with van der Waals surface area (Å²) in [5.74, 6) is 5.56. The summed E-state index contributed by atoms with van der Waals surface area (Å²) in [6, 6.07) is 12.3. The summed E-state index contributed by atoms with van der Waals surface area (Å²) in [5, 5.41) is 0. The Balaban J connectivity index is 1.46. The zero-order chi connectivity index (χ0) is 22.7. The lowest BCUT2D eigenvalue weighted by Gasteiger charge is -2.22. The summed E-state index contributed by atoms with van der Waals surface area (Å²) in [7, 11) is 0. The third-order valence-electron chi connectivity index (χ3n) is 9.54. The van der Waals surface area contributed by atoms with E-state index < -0.39 is 0 Å². The van der Waals surface area contributed by atoms with Crippen molar-refractivity contribution < 1.29 is 0 Å². The number of rotatable bonds is 8. The van der Waals surface area contributed by atoms with E-state index in [9.17, 15) is 0 Å². The minimum absolute atomic E-state index is 0.595. The lowest BCUT2D eigenvalue weighted by Crippen LogP contribution is -2.08. The van der Waals surface area contributed by atoms with Crippen LogP contribution in [0.3, 0.4) is 0 Å². The van der Waals surface area contributed by atoms with Gasteiger partial charge in [0.05, 0.1) is 0 Å². The second kappa shape index (κ2) is 8.19. The van der Waals surface area contributed by atoms with E-state index in [1.807, 2.05) is 0 Å².